The van der Waals surface area contributed by atoms with E-state index in [0.29, 0.717) is 18.9 Å². The van der Waals surface area contributed by atoms with Gasteiger partial charge in [-0.05, 0) is 37.8 Å². The first-order valence-corrected chi connectivity index (χ1v) is 7.24. The Morgan fingerprint density at radius 1 is 1.29 bits per heavy atom. The fourth-order valence-corrected chi connectivity index (χ4v) is 2.60. The van der Waals surface area contributed by atoms with Crippen LogP contribution >= 0.6 is 11.8 Å². The third-order valence-corrected chi connectivity index (χ3v) is 3.68. The number of rotatable bonds is 5. The second-order valence-corrected chi connectivity index (χ2v) is 5.27. The van der Waals surface area contributed by atoms with Crippen molar-refractivity contribution in [3.05, 3.63) is 23.8 Å². The molecule has 2 atom stereocenters. The molecule has 0 saturated heterocycles. The number of hydrogen-bond acceptors (Lipinski definition) is 4. The van der Waals surface area contributed by atoms with E-state index >= 15 is 0 Å². The maximum Gasteiger partial charge on any atom is 0.231 e. The van der Waals surface area contributed by atoms with Gasteiger partial charge in [-0.25, -0.2) is 0 Å². The van der Waals surface area contributed by atoms with Crippen LogP contribution in [0.25, 0.3) is 0 Å². The highest BCUT2D eigenvalue weighted by Crippen LogP contribution is 2.34. The molecule has 0 saturated carbocycles. The van der Waals surface area contributed by atoms with Crippen molar-refractivity contribution in [3.8, 4) is 11.5 Å². The second-order valence-electron chi connectivity index (χ2n) is 4.36. The normalized spacial score (nSPS) is 16.9. The van der Waals surface area contributed by atoms with Crippen LogP contribution in [0.2, 0.25) is 0 Å². The molecule has 0 aromatic heterocycles. The zero-order chi connectivity index (χ0) is 12.3. The van der Waals surface area contributed by atoms with Gasteiger partial charge in [-0.1, -0.05) is 6.07 Å². The minimum Gasteiger partial charge on any atom is -0.454 e. The summed E-state index contributed by atoms with van der Waals surface area (Å²) in [5.74, 6) is 2.82. The molecule has 2 rings (SSSR count). The average Bonchev–Trinajstić information content (AvgIpc) is 2.75. The molecule has 4 heteroatoms. The van der Waals surface area contributed by atoms with Crippen molar-refractivity contribution >= 4 is 11.8 Å². The standard InChI is InChI=1S/C13H19NO2S/c1-9(7-17-3)14-10(2)11-4-5-12-13(6-11)16-8-15-12/h4-6,9-10,14H,7-8H2,1-3H3/t9-,10-/m0/s1. The van der Waals surface area contributed by atoms with Crippen LogP contribution in [0.4, 0.5) is 0 Å². The summed E-state index contributed by atoms with van der Waals surface area (Å²) in [4.78, 5) is 0. The molecule has 0 fully saturated rings. The number of ether oxygens (including phenoxy) is 2. The summed E-state index contributed by atoms with van der Waals surface area (Å²) in [5, 5.41) is 3.57. The molecule has 1 aliphatic rings. The van der Waals surface area contributed by atoms with Gasteiger partial charge in [-0.2, -0.15) is 11.8 Å². The molecule has 94 valence electrons. The molecule has 17 heavy (non-hydrogen) atoms. The number of hydrogen-bond donors (Lipinski definition) is 1. The molecule has 0 radical (unpaired) electrons. The molecular weight excluding hydrogens is 234 g/mol. The Bertz CT molecular complexity index is 384. The third kappa shape index (κ3) is 3.07. The molecule has 1 N–H and O–H groups in total. The van der Waals surface area contributed by atoms with Crippen molar-refractivity contribution in [2.45, 2.75) is 25.9 Å². The van der Waals surface area contributed by atoms with Gasteiger partial charge >= 0.3 is 0 Å². The SMILES string of the molecule is CSC[C@H](C)N[C@@H](C)c1ccc2c(c1)OCO2. The Kier molecular flexibility index (Phi) is 4.18. The summed E-state index contributed by atoms with van der Waals surface area (Å²) in [6, 6.07) is 6.97. The first-order valence-electron chi connectivity index (χ1n) is 5.85. The topological polar surface area (TPSA) is 30.5 Å². The van der Waals surface area contributed by atoms with Gasteiger partial charge in [0, 0.05) is 17.8 Å². The van der Waals surface area contributed by atoms with E-state index in [2.05, 4.69) is 37.6 Å². The fraction of sp³-hybridized carbons (Fsp3) is 0.538. The summed E-state index contributed by atoms with van der Waals surface area (Å²) in [5.41, 5.74) is 1.24. The maximum atomic E-state index is 5.39. The Labute approximate surface area is 107 Å². The highest BCUT2D eigenvalue weighted by Gasteiger charge is 2.16. The van der Waals surface area contributed by atoms with E-state index in [1.54, 1.807) is 0 Å². The number of nitrogens with one attached hydrogen (secondary N) is 1. The van der Waals surface area contributed by atoms with Crippen LogP contribution in [0.15, 0.2) is 18.2 Å². The molecule has 1 aromatic carbocycles. The van der Waals surface area contributed by atoms with Gasteiger partial charge in [0.05, 0.1) is 0 Å². The van der Waals surface area contributed by atoms with E-state index in [0.717, 1.165) is 17.3 Å². The number of thioether (sulfide) groups is 1. The molecule has 1 heterocycles. The van der Waals surface area contributed by atoms with E-state index in [1.165, 1.54) is 5.56 Å². The van der Waals surface area contributed by atoms with Crippen LogP contribution < -0.4 is 14.8 Å². The monoisotopic (exact) mass is 253 g/mol. The summed E-state index contributed by atoms with van der Waals surface area (Å²) in [7, 11) is 0. The summed E-state index contributed by atoms with van der Waals surface area (Å²) in [6.45, 7) is 4.72. The molecule has 0 aliphatic carbocycles. The van der Waals surface area contributed by atoms with Gasteiger partial charge in [0.25, 0.3) is 0 Å². The molecule has 1 aromatic rings. The van der Waals surface area contributed by atoms with Gasteiger partial charge in [0.2, 0.25) is 6.79 Å². The molecule has 3 nitrogen and oxygen atoms in total. The predicted octanol–water partition coefficient (Wildman–Crippen LogP) is 2.82. The third-order valence-electron chi connectivity index (χ3n) is 2.85. The van der Waals surface area contributed by atoms with Crippen LogP contribution in [0, 0.1) is 0 Å². The van der Waals surface area contributed by atoms with Crippen LogP contribution in [0.1, 0.15) is 25.5 Å². The smallest absolute Gasteiger partial charge is 0.231 e. The lowest BCUT2D eigenvalue weighted by Gasteiger charge is -2.19. The summed E-state index contributed by atoms with van der Waals surface area (Å²) in [6.07, 6.45) is 2.13. The lowest BCUT2D eigenvalue weighted by Crippen LogP contribution is -2.30. The minimum atomic E-state index is 0.326. The van der Waals surface area contributed by atoms with E-state index in [-0.39, 0.29) is 0 Å². The van der Waals surface area contributed by atoms with Crippen molar-refractivity contribution < 1.29 is 9.47 Å². The van der Waals surface area contributed by atoms with Gasteiger partial charge < -0.3 is 14.8 Å². The van der Waals surface area contributed by atoms with Gasteiger partial charge in [-0.3, -0.25) is 0 Å². The molecule has 0 amide bonds. The highest BCUT2D eigenvalue weighted by atomic mass is 32.2. The first-order chi connectivity index (χ1) is 8.20. The second kappa shape index (κ2) is 5.65. The molecule has 0 unspecified atom stereocenters. The fourth-order valence-electron chi connectivity index (χ4n) is 2.00. The molecule has 1 aliphatic heterocycles. The van der Waals surface area contributed by atoms with E-state index in [9.17, 15) is 0 Å². The van der Waals surface area contributed by atoms with Crippen molar-refractivity contribution in [1.29, 1.82) is 0 Å². The molecule has 0 spiro atoms. The van der Waals surface area contributed by atoms with Crippen LogP contribution in [0.5, 0.6) is 11.5 Å². The lowest BCUT2D eigenvalue weighted by atomic mass is 10.1. The van der Waals surface area contributed by atoms with Gasteiger partial charge in [-0.15, -0.1) is 0 Å². The average molecular weight is 253 g/mol. The number of benzene rings is 1. The van der Waals surface area contributed by atoms with E-state index in [4.69, 9.17) is 9.47 Å². The van der Waals surface area contributed by atoms with Crippen molar-refractivity contribution in [1.82, 2.24) is 5.32 Å². The lowest BCUT2D eigenvalue weighted by molar-refractivity contribution is 0.174. The zero-order valence-electron chi connectivity index (χ0n) is 10.5. The van der Waals surface area contributed by atoms with Crippen LogP contribution in [0.3, 0.4) is 0 Å². The van der Waals surface area contributed by atoms with E-state index in [1.807, 2.05) is 17.8 Å². The Morgan fingerprint density at radius 3 is 2.82 bits per heavy atom. The Hall–Kier alpha value is -0.870. The minimum absolute atomic E-state index is 0.326. The zero-order valence-corrected chi connectivity index (χ0v) is 11.3. The quantitative estimate of drug-likeness (QED) is 0.874. The van der Waals surface area contributed by atoms with E-state index < -0.39 is 0 Å². The van der Waals surface area contributed by atoms with Crippen LogP contribution in [-0.2, 0) is 0 Å². The van der Waals surface area contributed by atoms with Gasteiger partial charge in [0.1, 0.15) is 0 Å². The summed E-state index contributed by atoms with van der Waals surface area (Å²) < 4.78 is 10.7. The first kappa shape index (κ1) is 12.6. The van der Waals surface area contributed by atoms with Crippen molar-refractivity contribution in [2.75, 3.05) is 18.8 Å². The molecular formula is C13H19NO2S. The summed E-state index contributed by atoms with van der Waals surface area (Å²) >= 11 is 1.86. The Balaban J connectivity index is 2.01. The highest BCUT2D eigenvalue weighted by molar-refractivity contribution is 7.98. The van der Waals surface area contributed by atoms with Crippen molar-refractivity contribution in [2.24, 2.45) is 0 Å². The Morgan fingerprint density at radius 2 is 2.06 bits per heavy atom. The van der Waals surface area contributed by atoms with Gasteiger partial charge in [0.15, 0.2) is 11.5 Å². The van der Waals surface area contributed by atoms with Crippen LogP contribution in [-0.4, -0.2) is 24.8 Å². The molecule has 0 bridgehead atoms. The maximum absolute atomic E-state index is 5.39. The predicted molar refractivity (Wildman–Crippen MR) is 72.0 cm³/mol. The number of fused-ring (bicyclic) bond motifs is 1. The largest absolute Gasteiger partial charge is 0.454 e. The van der Waals surface area contributed by atoms with Crippen molar-refractivity contribution in [3.63, 3.8) is 0 Å².